The predicted octanol–water partition coefficient (Wildman–Crippen LogP) is 2.55. The molecular formula is C21H22F3N7O3. The molecule has 2 aliphatic rings. The molecule has 180 valence electrons. The molecule has 0 bridgehead atoms. The quantitative estimate of drug-likeness (QED) is 0.554. The summed E-state index contributed by atoms with van der Waals surface area (Å²) in [4.78, 5) is 19.3. The largest absolute Gasteiger partial charge is 0.469 e. The molecule has 3 N–H and O–H groups in total. The van der Waals surface area contributed by atoms with Crippen molar-refractivity contribution in [2.45, 2.75) is 49.9 Å². The lowest BCUT2D eigenvalue weighted by atomic mass is 9.85. The fourth-order valence-corrected chi connectivity index (χ4v) is 4.24. The highest BCUT2D eigenvalue weighted by atomic mass is 19.4. The Morgan fingerprint density at radius 3 is 2.79 bits per heavy atom. The molecule has 13 heteroatoms. The summed E-state index contributed by atoms with van der Waals surface area (Å²) < 4.78 is 52.3. The van der Waals surface area contributed by atoms with Gasteiger partial charge in [0, 0.05) is 29.9 Å². The number of pyridine rings is 1. The topological polar surface area (TPSA) is 130 Å². The van der Waals surface area contributed by atoms with E-state index in [1.54, 1.807) is 18.3 Å². The summed E-state index contributed by atoms with van der Waals surface area (Å²) in [5, 5.41) is 11.6. The number of aromatic nitrogens is 5. The van der Waals surface area contributed by atoms with Gasteiger partial charge in [-0.25, -0.2) is 4.98 Å². The van der Waals surface area contributed by atoms with Crippen LogP contribution in [0.1, 0.15) is 53.3 Å². The molecule has 1 amide bonds. The average molecular weight is 477 g/mol. The van der Waals surface area contributed by atoms with Gasteiger partial charge in [-0.1, -0.05) is 6.42 Å². The van der Waals surface area contributed by atoms with Crippen LogP contribution in [0.3, 0.4) is 0 Å². The Hall–Kier alpha value is -3.48. The SMILES string of the molecule is NC(=O)c1ccn2c([C@H]3CCC[C@@H](Nc4ncc(C(F)(F)F)c(OC5COC5)n4)C3)nnc2c1. The molecule has 1 aliphatic heterocycles. The van der Waals surface area contributed by atoms with E-state index in [0.717, 1.165) is 31.3 Å². The molecule has 0 radical (unpaired) electrons. The normalized spacial score (nSPS) is 21.3. The van der Waals surface area contributed by atoms with Crippen LogP contribution in [0.5, 0.6) is 5.88 Å². The van der Waals surface area contributed by atoms with E-state index in [1.165, 1.54) is 0 Å². The number of alkyl halides is 3. The summed E-state index contributed by atoms with van der Waals surface area (Å²) in [5.41, 5.74) is 5.19. The molecule has 0 unspecified atom stereocenters. The van der Waals surface area contributed by atoms with Gasteiger partial charge in [0.1, 0.15) is 17.5 Å². The Kier molecular flexibility index (Phi) is 5.71. The van der Waals surface area contributed by atoms with Gasteiger partial charge in [0.15, 0.2) is 5.65 Å². The molecule has 0 aromatic carbocycles. The number of hydrogen-bond donors (Lipinski definition) is 2. The number of rotatable bonds is 6. The second-order valence-corrected chi connectivity index (χ2v) is 8.46. The fourth-order valence-electron chi connectivity index (χ4n) is 4.24. The van der Waals surface area contributed by atoms with Crippen molar-refractivity contribution in [1.29, 1.82) is 0 Å². The van der Waals surface area contributed by atoms with Crippen LogP contribution in [0.2, 0.25) is 0 Å². The Morgan fingerprint density at radius 2 is 2.09 bits per heavy atom. The van der Waals surface area contributed by atoms with Crippen LogP contribution in [0.25, 0.3) is 5.65 Å². The summed E-state index contributed by atoms with van der Waals surface area (Å²) in [6, 6.07) is 3.13. The Morgan fingerprint density at radius 1 is 1.26 bits per heavy atom. The highest BCUT2D eigenvalue weighted by molar-refractivity contribution is 5.93. The number of ether oxygens (including phenoxy) is 2. The monoisotopic (exact) mass is 477 g/mol. The molecule has 3 aromatic heterocycles. The van der Waals surface area contributed by atoms with Gasteiger partial charge in [-0.2, -0.15) is 18.2 Å². The van der Waals surface area contributed by atoms with Gasteiger partial charge < -0.3 is 20.5 Å². The lowest BCUT2D eigenvalue weighted by Gasteiger charge is -2.29. The van der Waals surface area contributed by atoms with E-state index >= 15 is 0 Å². The Labute approximate surface area is 191 Å². The van der Waals surface area contributed by atoms with Crippen molar-refractivity contribution in [3.05, 3.63) is 41.5 Å². The van der Waals surface area contributed by atoms with E-state index in [4.69, 9.17) is 15.2 Å². The van der Waals surface area contributed by atoms with Crippen molar-refractivity contribution >= 4 is 17.5 Å². The van der Waals surface area contributed by atoms with Crippen molar-refractivity contribution in [3.63, 3.8) is 0 Å². The number of anilines is 1. The lowest BCUT2D eigenvalue weighted by molar-refractivity contribution is -0.142. The van der Waals surface area contributed by atoms with E-state index in [9.17, 15) is 18.0 Å². The molecule has 1 saturated carbocycles. The maximum atomic E-state index is 13.4. The number of carbonyl (C=O) groups is 1. The standard InChI is InChI=1S/C21H22F3N7O3/c22-21(23,24)15-8-26-20(28-19(15)34-14-9-33-10-14)27-13-3-1-2-12(6-13)18-30-29-16-7-11(17(25)32)4-5-31(16)18/h4-5,7-8,12-14H,1-3,6,9-10H2,(H2,25,32)(H,26,27,28)/t12-,13+/m0/s1. The van der Waals surface area contributed by atoms with Crippen LogP contribution in [0.4, 0.5) is 19.1 Å². The number of primary amides is 1. The maximum absolute atomic E-state index is 13.4. The summed E-state index contributed by atoms with van der Waals surface area (Å²) in [7, 11) is 0. The van der Waals surface area contributed by atoms with Crippen molar-refractivity contribution in [2.24, 2.45) is 5.73 Å². The highest BCUT2D eigenvalue weighted by Crippen LogP contribution is 2.37. The number of hydrogen-bond acceptors (Lipinski definition) is 8. The van der Waals surface area contributed by atoms with E-state index in [1.807, 2.05) is 4.40 Å². The van der Waals surface area contributed by atoms with Gasteiger partial charge in [0.05, 0.1) is 13.2 Å². The summed E-state index contributed by atoms with van der Waals surface area (Å²) in [5.74, 6) is -0.165. The molecule has 2 fully saturated rings. The number of carbonyl (C=O) groups excluding carboxylic acids is 1. The number of nitrogens with one attached hydrogen (secondary N) is 1. The number of nitrogens with two attached hydrogens (primary N) is 1. The van der Waals surface area contributed by atoms with Crippen molar-refractivity contribution in [2.75, 3.05) is 18.5 Å². The van der Waals surface area contributed by atoms with Gasteiger partial charge >= 0.3 is 6.18 Å². The molecular weight excluding hydrogens is 455 g/mol. The third-order valence-electron chi connectivity index (χ3n) is 6.04. The van der Waals surface area contributed by atoms with E-state index in [0.29, 0.717) is 17.6 Å². The maximum Gasteiger partial charge on any atom is 0.423 e. The summed E-state index contributed by atoms with van der Waals surface area (Å²) in [6.45, 7) is 0.448. The number of amides is 1. The molecule has 34 heavy (non-hydrogen) atoms. The Balaban J connectivity index is 1.33. The van der Waals surface area contributed by atoms with E-state index in [2.05, 4.69) is 25.5 Å². The zero-order chi connectivity index (χ0) is 23.9. The number of halogens is 3. The molecule has 1 saturated heterocycles. The minimum Gasteiger partial charge on any atom is -0.469 e. The molecule has 10 nitrogen and oxygen atoms in total. The minimum atomic E-state index is -4.63. The fraction of sp³-hybridized carbons (Fsp3) is 0.476. The van der Waals surface area contributed by atoms with Crippen molar-refractivity contribution in [3.8, 4) is 5.88 Å². The van der Waals surface area contributed by atoms with Crippen LogP contribution in [-0.4, -0.2) is 55.8 Å². The average Bonchev–Trinajstić information content (AvgIpc) is 3.19. The zero-order valence-electron chi connectivity index (χ0n) is 18.0. The Bertz CT molecular complexity index is 1210. The number of fused-ring (bicyclic) bond motifs is 1. The summed E-state index contributed by atoms with van der Waals surface area (Å²) in [6.07, 6.45) is 0.587. The van der Waals surface area contributed by atoms with Gasteiger partial charge in [-0.3, -0.25) is 9.20 Å². The van der Waals surface area contributed by atoms with Gasteiger partial charge in [-0.05, 0) is 31.4 Å². The van der Waals surface area contributed by atoms with Gasteiger partial charge in [-0.15, -0.1) is 10.2 Å². The number of nitrogens with zero attached hydrogens (tertiary/aromatic N) is 5. The minimum absolute atomic E-state index is 0.0537. The van der Waals surface area contributed by atoms with Crippen LogP contribution in [-0.2, 0) is 10.9 Å². The molecule has 3 aromatic rings. The molecule has 0 spiro atoms. The van der Waals surface area contributed by atoms with Crippen molar-refractivity contribution in [1.82, 2.24) is 24.6 Å². The van der Waals surface area contributed by atoms with Gasteiger partial charge in [0.25, 0.3) is 0 Å². The second-order valence-electron chi connectivity index (χ2n) is 8.46. The first-order chi connectivity index (χ1) is 16.3. The third kappa shape index (κ3) is 4.47. The molecule has 2 atom stereocenters. The first-order valence-corrected chi connectivity index (χ1v) is 10.9. The molecule has 1 aliphatic carbocycles. The van der Waals surface area contributed by atoms with Crippen LogP contribution >= 0.6 is 0 Å². The summed E-state index contributed by atoms with van der Waals surface area (Å²) >= 11 is 0. The van der Waals surface area contributed by atoms with E-state index < -0.39 is 29.6 Å². The van der Waals surface area contributed by atoms with Gasteiger partial charge in [0.2, 0.25) is 17.7 Å². The zero-order valence-corrected chi connectivity index (χ0v) is 18.0. The predicted molar refractivity (Wildman–Crippen MR) is 112 cm³/mol. The van der Waals surface area contributed by atoms with Crippen LogP contribution in [0.15, 0.2) is 24.5 Å². The van der Waals surface area contributed by atoms with E-state index in [-0.39, 0.29) is 31.1 Å². The van der Waals surface area contributed by atoms with Crippen molar-refractivity contribution < 1.29 is 27.4 Å². The molecule has 4 heterocycles. The highest BCUT2D eigenvalue weighted by Gasteiger charge is 2.38. The van der Waals surface area contributed by atoms with Crippen LogP contribution in [0, 0.1) is 0 Å². The lowest BCUT2D eigenvalue weighted by Crippen LogP contribution is -2.39. The third-order valence-corrected chi connectivity index (χ3v) is 6.04. The first-order valence-electron chi connectivity index (χ1n) is 10.9. The second kappa shape index (κ2) is 8.70. The first kappa shape index (κ1) is 22.3. The smallest absolute Gasteiger partial charge is 0.423 e. The molecule has 5 rings (SSSR count). The van der Waals surface area contributed by atoms with Crippen LogP contribution < -0.4 is 15.8 Å².